The average molecular weight is 303 g/mol. The van der Waals surface area contributed by atoms with Crippen molar-refractivity contribution in [3.8, 4) is 5.75 Å². The van der Waals surface area contributed by atoms with Crippen LogP contribution < -0.4 is 10.1 Å². The highest BCUT2D eigenvalue weighted by Gasteiger charge is 2.14. The molecule has 0 spiro atoms. The zero-order valence-electron chi connectivity index (χ0n) is 12.9. The van der Waals surface area contributed by atoms with Crippen molar-refractivity contribution in [3.63, 3.8) is 0 Å². The van der Waals surface area contributed by atoms with Crippen LogP contribution in [-0.2, 0) is 13.0 Å². The van der Waals surface area contributed by atoms with E-state index in [2.05, 4.69) is 5.32 Å². The van der Waals surface area contributed by atoms with E-state index >= 15 is 0 Å². The van der Waals surface area contributed by atoms with E-state index < -0.39 is 6.10 Å². The first-order valence-corrected chi connectivity index (χ1v) is 7.38. The summed E-state index contributed by atoms with van der Waals surface area (Å²) in [6.07, 6.45) is 0.0944. The van der Waals surface area contributed by atoms with E-state index in [1.807, 2.05) is 43.3 Å². The van der Waals surface area contributed by atoms with Crippen molar-refractivity contribution in [2.45, 2.75) is 32.0 Å². The molecule has 3 nitrogen and oxygen atoms in total. The lowest BCUT2D eigenvalue weighted by Crippen LogP contribution is -2.38. The number of aliphatic hydroxyl groups is 1. The molecule has 0 saturated heterocycles. The lowest BCUT2D eigenvalue weighted by molar-refractivity contribution is 0.134. The SMILES string of the molecule is COc1ccc(CNC(C)C(O)Cc2ccccc2)cc1F. The summed E-state index contributed by atoms with van der Waals surface area (Å²) in [7, 11) is 1.44. The van der Waals surface area contributed by atoms with E-state index in [1.54, 1.807) is 6.07 Å². The van der Waals surface area contributed by atoms with Crippen molar-refractivity contribution in [2.24, 2.45) is 0 Å². The average Bonchev–Trinajstić information content (AvgIpc) is 2.53. The summed E-state index contributed by atoms with van der Waals surface area (Å²) >= 11 is 0. The van der Waals surface area contributed by atoms with Gasteiger partial charge in [0.25, 0.3) is 0 Å². The van der Waals surface area contributed by atoms with Crippen LogP contribution >= 0.6 is 0 Å². The van der Waals surface area contributed by atoms with Gasteiger partial charge in [-0.3, -0.25) is 0 Å². The second-order valence-corrected chi connectivity index (χ2v) is 5.40. The van der Waals surface area contributed by atoms with Gasteiger partial charge < -0.3 is 15.2 Å². The molecule has 2 aromatic rings. The van der Waals surface area contributed by atoms with Crippen LogP contribution in [0.15, 0.2) is 48.5 Å². The van der Waals surface area contributed by atoms with Gasteiger partial charge in [0.1, 0.15) is 0 Å². The highest BCUT2D eigenvalue weighted by Crippen LogP contribution is 2.17. The normalized spacial score (nSPS) is 13.6. The van der Waals surface area contributed by atoms with Crippen LogP contribution in [0.4, 0.5) is 4.39 Å². The molecule has 0 saturated carbocycles. The monoisotopic (exact) mass is 303 g/mol. The number of hydrogen-bond acceptors (Lipinski definition) is 3. The van der Waals surface area contributed by atoms with Crippen LogP contribution in [0.5, 0.6) is 5.75 Å². The quantitative estimate of drug-likeness (QED) is 0.826. The number of nitrogens with one attached hydrogen (secondary N) is 1. The van der Waals surface area contributed by atoms with Crippen LogP contribution in [0.25, 0.3) is 0 Å². The first-order chi connectivity index (χ1) is 10.6. The van der Waals surface area contributed by atoms with Crippen molar-refractivity contribution >= 4 is 0 Å². The molecule has 0 bridgehead atoms. The standard InChI is InChI=1S/C18H22FNO2/c1-13(17(21)11-14-6-4-3-5-7-14)20-12-15-8-9-18(22-2)16(19)10-15/h3-10,13,17,20-21H,11-12H2,1-2H3. The van der Waals surface area contributed by atoms with Gasteiger partial charge in [-0.25, -0.2) is 4.39 Å². The third-order valence-electron chi connectivity index (χ3n) is 3.71. The molecule has 0 radical (unpaired) electrons. The Morgan fingerprint density at radius 1 is 1.14 bits per heavy atom. The molecule has 0 aliphatic carbocycles. The molecule has 0 aliphatic rings. The Balaban J connectivity index is 1.86. The molecule has 0 aliphatic heterocycles. The lowest BCUT2D eigenvalue weighted by Gasteiger charge is -2.20. The summed E-state index contributed by atoms with van der Waals surface area (Å²) in [5, 5.41) is 13.5. The molecule has 118 valence electrons. The molecule has 0 heterocycles. The van der Waals surface area contributed by atoms with Crippen molar-refractivity contribution in [3.05, 3.63) is 65.5 Å². The first kappa shape index (κ1) is 16.5. The van der Waals surface area contributed by atoms with Gasteiger partial charge in [-0.05, 0) is 36.6 Å². The van der Waals surface area contributed by atoms with E-state index in [0.717, 1.165) is 11.1 Å². The predicted octanol–water partition coefficient (Wildman–Crippen LogP) is 2.92. The van der Waals surface area contributed by atoms with Crippen LogP contribution in [0.2, 0.25) is 0 Å². The van der Waals surface area contributed by atoms with Gasteiger partial charge in [0.2, 0.25) is 0 Å². The molecule has 4 heteroatoms. The molecular formula is C18H22FNO2. The third-order valence-corrected chi connectivity index (χ3v) is 3.71. The minimum atomic E-state index is -0.495. The van der Waals surface area contributed by atoms with E-state index in [-0.39, 0.29) is 17.6 Å². The van der Waals surface area contributed by atoms with Crippen molar-refractivity contribution in [2.75, 3.05) is 7.11 Å². The second-order valence-electron chi connectivity index (χ2n) is 5.40. The highest BCUT2D eigenvalue weighted by atomic mass is 19.1. The van der Waals surface area contributed by atoms with Gasteiger partial charge in [0.05, 0.1) is 13.2 Å². The zero-order chi connectivity index (χ0) is 15.9. The molecule has 2 rings (SSSR count). The van der Waals surface area contributed by atoms with Crippen molar-refractivity contribution in [1.82, 2.24) is 5.32 Å². The fraction of sp³-hybridized carbons (Fsp3) is 0.333. The minimum Gasteiger partial charge on any atom is -0.494 e. The van der Waals surface area contributed by atoms with Crippen molar-refractivity contribution < 1.29 is 14.2 Å². The maximum Gasteiger partial charge on any atom is 0.165 e. The highest BCUT2D eigenvalue weighted by molar-refractivity contribution is 5.29. The molecule has 2 atom stereocenters. The number of methoxy groups -OCH3 is 1. The maximum absolute atomic E-state index is 13.6. The van der Waals surface area contributed by atoms with Crippen molar-refractivity contribution in [1.29, 1.82) is 0 Å². The summed E-state index contributed by atoms with van der Waals surface area (Å²) in [5.41, 5.74) is 1.91. The van der Waals surface area contributed by atoms with E-state index in [1.165, 1.54) is 13.2 Å². The second kappa shape index (κ2) is 7.92. The Morgan fingerprint density at radius 3 is 2.50 bits per heavy atom. The van der Waals surface area contributed by atoms with E-state index in [9.17, 15) is 9.50 Å². The Hall–Kier alpha value is -1.91. The van der Waals surface area contributed by atoms with Gasteiger partial charge >= 0.3 is 0 Å². The lowest BCUT2D eigenvalue weighted by atomic mass is 10.0. The third kappa shape index (κ3) is 4.55. The molecule has 0 amide bonds. The molecule has 0 fully saturated rings. The molecule has 22 heavy (non-hydrogen) atoms. The zero-order valence-corrected chi connectivity index (χ0v) is 12.9. The maximum atomic E-state index is 13.6. The number of ether oxygens (including phenoxy) is 1. The number of hydrogen-bond donors (Lipinski definition) is 2. The fourth-order valence-corrected chi connectivity index (χ4v) is 2.27. The topological polar surface area (TPSA) is 41.5 Å². The van der Waals surface area contributed by atoms with Crippen LogP contribution in [0.3, 0.4) is 0 Å². The van der Waals surface area contributed by atoms with Gasteiger partial charge in [0, 0.05) is 12.6 Å². The van der Waals surface area contributed by atoms with Gasteiger partial charge in [-0.15, -0.1) is 0 Å². The Bertz CT molecular complexity index is 589. The van der Waals surface area contributed by atoms with Crippen LogP contribution in [0.1, 0.15) is 18.1 Å². The number of rotatable bonds is 7. The molecular weight excluding hydrogens is 281 g/mol. The molecule has 2 N–H and O–H groups in total. The van der Waals surface area contributed by atoms with Gasteiger partial charge in [-0.2, -0.15) is 0 Å². The summed E-state index contributed by atoms with van der Waals surface area (Å²) in [4.78, 5) is 0. The Kier molecular flexibility index (Phi) is 5.92. The summed E-state index contributed by atoms with van der Waals surface area (Å²) in [6, 6.07) is 14.6. The predicted molar refractivity (Wildman–Crippen MR) is 85.4 cm³/mol. The first-order valence-electron chi connectivity index (χ1n) is 7.38. The summed E-state index contributed by atoms with van der Waals surface area (Å²) in [6.45, 7) is 2.42. The Labute approximate surface area is 130 Å². The molecule has 2 aromatic carbocycles. The number of aliphatic hydroxyl groups excluding tert-OH is 1. The fourth-order valence-electron chi connectivity index (χ4n) is 2.27. The minimum absolute atomic E-state index is 0.0923. The van der Waals surface area contributed by atoms with Crippen LogP contribution in [-0.4, -0.2) is 24.4 Å². The summed E-state index contributed by atoms with van der Waals surface area (Å²) in [5.74, 6) is -0.139. The summed E-state index contributed by atoms with van der Waals surface area (Å²) < 4.78 is 18.5. The largest absolute Gasteiger partial charge is 0.494 e. The van der Waals surface area contributed by atoms with Crippen LogP contribution in [0, 0.1) is 5.82 Å². The number of halogens is 1. The van der Waals surface area contributed by atoms with E-state index in [4.69, 9.17) is 4.74 Å². The molecule has 0 aromatic heterocycles. The smallest absolute Gasteiger partial charge is 0.165 e. The number of benzene rings is 2. The molecule has 2 unspecified atom stereocenters. The Morgan fingerprint density at radius 2 is 1.86 bits per heavy atom. The van der Waals surface area contributed by atoms with Gasteiger partial charge in [-0.1, -0.05) is 36.4 Å². The van der Waals surface area contributed by atoms with Gasteiger partial charge in [0.15, 0.2) is 11.6 Å². The van der Waals surface area contributed by atoms with E-state index in [0.29, 0.717) is 13.0 Å².